The number of unbranched alkanes of at least 4 members (excludes halogenated alkanes) is 10. The highest BCUT2D eigenvalue weighted by molar-refractivity contribution is 5.75. The largest absolute Gasteiger partial charge is 0.465 e. The summed E-state index contributed by atoms with van der Waals surface area (Å²) in [6.45, 7) is 6.92. The Hall–Kier alpha value is -0.570. The number of rotatable bonds is 15. The minimum Gasteiger partial charge on any atom is -0.465 e. The van der Waals surface area contributed by atoms with E-state index in [1.54, 1.807) is 0 Å². The lowest BCUT2D eigenvalue weighted by Gasteiger charge is -2.13. The van der Waals surface area contributed by atoms with Gasteiger partial charge in [-0.1, -0.05) is 85.0 Å². The van der Waals surface area contributed by atoms with Crippen molar-refractivity contribution in [1.29, 1.82) is 0 Å². The standard InChI is InChI=1S/C19H39NO2/c1-4-5-6-7-8-9-10-11-12-13-14-15-22-19(21)18(20)16-17(2)3/h17-18H,4-16,20H2,1-3H3/t18-/m0/s1. The SMILES string of the molecule is CCCCCCCCCCCCCOC(=O)[C@@H](N)CC(C)C. The zero-order valence-corrected chi connectivity index (χ0v) is 15.2. The number of hydrogen-bond acceptors (Lipinski definition) is 3. The van der Waals surface area contributed by atoms with Crippen LogP contribution < -0.4 is 5.73 Å². The average molecular weight is 314 g/mol. The summed E-state index contributed by atoms with van der Waals surface area (Å²) in [6, 6.07) is -0.451. The van der Waals surface area contributed by atoms with Crippen molar-refractivity contribution >= 4 is 5.97 Å². The minimum atomic E-state index is -0.451. The number of ether oxygens (including phenoxy) is 1. The molecule has 0 rings (SSSR count). The second-order valence-corrected chi connectivity index (χ2v) is 6.94. The van der Waals surface area contributed by atoms with Gasteiger partial charge in [0.15, 0.2) is 0 Å². The van der Waals surface area contributed by atoms with Crippen molar-refractivity contribution in [2.45, 2.75) is 104 Å². The van der Waals surface area contributed by atoms with Crippen LogP contribution in [0.25, 0.3) is 0 Å². The van der Waals surface area contributed by atoms with E-state index < -0.39 is 6.04 Å². The first kappa shape index (κ1) is 21.4. The van der Waals surface area contributed by atoms with Crippen LogP contribution in [-0.4, -0.2) is 18.6 Å². The Bertz CT molecular complexity index is 254. The highest BCUT2D eigenvalue weighted by atomic mass is 16.5. The maximum Gasteiger partial charge on any atom is 0.322 e. The van der Waals surface area contributed by atoms with E-state index in [0.717, 1.165) is 12.8 Å². The van der Waals surface area contributed by atoms with Gasteiger partial charge in [0.05, 0.1) is 6.61 Å². The third-order valence-corrected chi connectivity index (χ3v) is 4.02. The van der Waals surface area contributed by atoms with Crippen LogP contribution in [0.3, 0.4) is 0 Å². The normalized spacial score (nSPS) is 12.6. The molecule has 0 saturated carbocycles. The van der Waals surface area contributed by atoms with Crippen molar-refractivity contribution < 1.29 is 9.53 Å². The van der Waals surface area contributed by atoms with Crippen molar-refractivity contribution in [1.82, 2.24) is 0 Å². The van der Waals surface area contributed by atoms with E-state index in [0.29, 0.717) is 18.9 Å². The molecule has 0 aliphatic carbocycles. The lowest BCUT2D eigenvalue weighted by Crippen LogP contribution is -2.33. The van der Waals surface area contributed by atoms with E-state index in [1.165, 1.54) is 57.8 Å². The predicted molar refractivity (Wildman–Crippen MR) is 94.9 cm³/mol. The molecular weight excluding hydrogens is 274 g/mol. The van der Waals surface area contributed by atoms with Crippen LogP contribution in [0, 0.1) is 5.92 Å². The first-order chi connectivity index (χ1) is 10.6. The Morgan fingerprint density at radius 1 is 0.864 bits per heavy atom. The van der Waals surface area contributed by atoms with Gasteiger partial charge < -0.3 is 10.5 Å². The number of esters is 1. The van der Waals surface area contributed by atoms with Crippen LogP contribution in [0.15, 0.2) is 0 Å². The van der Waals surface area contributed by atoms with E-state index in [4.69, 9.17) is 10.5 Å². The lowest BCUT2D eigenvalue weighted by atomic mass is 10.0. The van der Waals surface area contributed by atoms with Gasteiger partial charge in [-0.05, 0) is 18.8 Å². The first-order valence-corrected chi connectivity index (χ1v) is 9.50. The molecule has 2 N–H and O–H groups in total. The quantitative estimate of drug-likeness (QED) is 0.333. The van der Waals surface area contributed by atoms with E-state index in [1.807, 2.05) is 0 Å². The fraction of sp³-hybridized carbons (Fsp3) is 0.947. The monoisotopic (exact) mass is 313 g/mol. The third-order valence-electron chi connectivity index (χ3n) is 4.02. The van der Waals surface area contributed by atoms with Crippen molar-refractivity contribution in [3.05, 3.63) is 0 Å². The lowest BCUT2D eigenvalue weighted by molar-refractivity contribution is -0.145. The van der Waals surface area contributed by atoms with Crippen molar-refractivity contribution in [3.8, 4) is 0 Å². The number of carbonyl (C=O) groups is 1. The smallest absolute Gasteiger partial charge is 0.322 e. The first-order valence-electron chi connectivity index (χ1n) is 9.50. The molecule has 0 aliphatic rings. The second kappa shape index (κ2) is 15.3. The van der Waals surface area contributed by atoms with Gasteiger partial charge in [0.2, 0.25) is 0 Å². The second-order valence-electron chi connectivity index (χ2n) is 6.94. The van der Waals surface area contributed by atoms with Gasteiger partial charge in [-0.2, -0.15) is 0 Å². The number of carbonyl (C=O) groups excluding carboxylic acids is 1. The molecule has 0 heterocycles. The van der Waals surface area contributed by atoms with Gasteiger partial charge in [-0.3, -0.25) is 4.79 Å². The molecule has 3 heteroatoms. The molecule has 0 amide bonds. The predicted octanol–water partition coefficient (Wildman–Crippen LogP) is 5.21. The summed E-state index contributed by atoms with van der Waals surface area (Å²) < 4.78 is 5.22. The summed E-state index contributed by atoms with van der Waals surface area (Å²) in [5.74, 6) is 0.199. The van der Waals surface area contributed by atoms with Crippen LogP contribution in [0.5, 0.6) is 0 Å². The maximum atomic E-state index is 11.6. The summed E-state index contributed by atoms with van der Waals surface area (Å²) in [7, 11) is 0. The molecule has 0 aromatic rings. The molecule has 0 fully saturated rings. The molecule has 132 valence electrons. The van der Waals surface area contributed by atoms with E-state index in [2.05, 4.69) is 20.8 Å². The van der Waals surface area contributed by atoms with Gasteiger partial charge in [-0.25, -0.2) is 0 Å². The van der Waals surface area contributed by atoms with E-state index in [9.17, 15) is 4.79 Å². The molecule has 0 saturated heterocycles. The molecule has 0 bridgehead atoms. The number of hydrogen-bond donors (Lipinski definition) is 1. The number of nitrogens with two attached hydrogens (primary N) is 1. The topological polar surface area (TPSA) is 52.3 Å². The molecule has 0 spiro atoms. The van der Waals surface area contributed by atoms with Gasteiger partial charge in [-0.15, -0.1) is 0 Å². The van der Waals surface area contributed by atoms with Gasteiger partial charge in [0.1, 0.15) is 6.04 Å². The molecule has 0 radical (unpaired) electrons. The van der Waals surface area contributed by atoms with Crippen LogP contribution in [0.2, 0.25) is 0 Å². The third kappa shape index (κ3) is 14.4. The Morgan fingerprint density at radius 2 is 1.32 bits per heavy atom. The molecule has 1 atom stereocenters. The van der Waals surface area contributed by atoms with Gasteiger partial charge in [0.25, 0.3) is 0 Å². The molecule has 0 aromatic heterocycles. The molecule has 0 unspecified atom stereocenters. The molecular formula is C19H39NO2. The highest BCUT2D eigenvalue weighted by Crippen LogP contribution is 2.11. The van der Waals surface area contributed by atoms with Crippen molar-refractivity contribution in [2.24, 2.45) is 11.7 Å². The average Bonchev–Trinajstić information content (AvgIpc) is 2.47. The molecule has 0 aliphatic heterocycles. The Labute approximate surface area is 138 Å². The summed E-state index contributed by atoms with van der Waals surface area (Å²) in [6.07, 6.45) is 15.0. The van der Waals surface area contributed by atoms with Crippen molar-refractivity contribution in [3.63, 3.8) is 0 Å². The molecule has 22 heavy (non-hydrogen) atoms. The Morgan fingerprint density at radius 3 is 1.77 bits per heavy atom. The molecule has 3 nitrogen and oxygen atoms in total. The minimum absolute atomic E-state index is 0.235. The summed E-state index contributed by atoms with van der Waals surface area (Å²) in [4.78, 5) is 11.6. The van der Waals surface area contributed by atoms with Crippen LogP contribution in [0.4, 0.5) is 0 Å². The summed E-state index contributed by atoms with van der Waals surface area (Å²) >= 11 is 0. The zero-order valence-electron chi connectivity index (χ0n) is 15.2. The van der Waals surface area contributed by atoms with Gasteiger partial charge >= 0.3 is 5.97 Å². The summed E-state index contributed by atoms with van der Waals surface area (Å²) in [5.41, 5.74) is 5.78. The maximum absolute atomic E-state index is 11.6. The Balaban J connectivity index is 3.24. The van der Waals surface area contributed by atoms with E-state index in [-0.39, 0.29) is 5.97 Å². The van der Waals surface area contributed by atoms with E-state index >= 15 is 0 Å². The molecule has 0 aromatic carbocycles. The fourth-order valence-electron chi connectivity index (χ4n) is 2.65. The van der Waals surface area contributed by atoms with Crippen LogP contribution in [0.1, 0.15) is 97.8 Å². The van der Waals surface area contributed by atoms with Crippen LogP contribution in [-0.2, 0) is 9.53 Å². The summed E-state index contributed by atoms with van der Waals surface area (Å²) in [5, 5.41) is 0. The fourth-order valence-corrected chi connectivity index (χ4v) is 2.65. The van der Waals surface area contributed by atoms with Crippen molar-refractivity contribution in [2.75, 3.05) is 6.61 Å². The highest BCUT2D eigenvalue weighted by Gasteiger charge is 2.15. The Kier molecular flexibility index (Phi) is 14.9. The van der Waals surface area contributed by atoms with Crippen LogP contribution >= 0.6 is 0 Å². The zero-order chi connectivity index (χ0) is 16.6. The van der Waals surface area contributed by atoms with Gasteiger partial charge in [0, 0.05) is 0 Å².